The molecular formula is C18H18N2O2. The minimum atomic E-state index is -0.220. The van der Waals surface area contributed by atoms with E-state index in [1.165, 1.54) is 6.08 Å². The van der Waals surface area contributed by atoms with Crippen molar-refractivity contribution in [2.45, 2.75) is 13.3 Å². The molecule has 0 aliphatic heterocycles. The van der Waals surface area contributed by atoms with Crippen molar-refractivity contribution in [2.75, 3.05) is 10.6 Å². The molecule has 2 aromatic rings. The Kier molecular flexibility index (Phi) is 5.49. The molecule has 0 aliphatic rings. The maximum Gasteiger partial charge on any atom is 0.248 e. The molecule has 2 amide bonds. The monoisotopic (exact) mass is 294 g/mol. The van der Waals surface area contributed by atoms with Crippen LogP contribution in [-0.4, -0.2) is 11.8 Å². The smallest absolute Gasteiger partial charge is 0.248 e. The largest absolute Gasteiger partial charge is 0.326 e. The average molecular weight is 294 g/mol. The summed E-state index contributed by atoms with van der Waals surface area (Å²) in [7, 11) is 0. The van der Waals surface area contributed by atoms with Crippen LogP contribution < -0.4 is 10.6 Å². The van der Waals surface area contributed by atoms with E-state index >= 15 is 0 Å². The Bertz CT molecular complexity index is 678. The van der Waals surface area contributed by atoms with Crippen LogP contribution in [0.1, 0.15) is 18.9 Å². The molecule has 0 aromatic heterocycles. The lowest BCUT2D eigenvalue weighted by Crippen LogP contribution is -2.11. The minimum absolute atomic E-state index is 0.0625. The number of anilines is 2. The summed E-state index contributed by atoms with van der Waals surface area (Å²) in [4.78, 5) is 23.3. The topological polar surface area (TPSA) is 58.2 Å². The van der Waals surface area contributed by atoms with Gasteiger partial charge in [0.05, 0.1) is 0 Å². The third-order valence-corrected chi connectivity index (χ3v) is 2.96. The van der Waals surface area contributed by atoms with E-state index < -0.39 is 0 Å². The van der Waals surface area contributed by atoms with Gasteiger partial charge in [0.1, 0.15) is 0 Å². The lowest BCUT2D eigenvalue weighted by Gasteiger charge is -2.07. The second-order valence-corrected chi connectivity index (χ2v) is 4.72. The molecule has 0 atom stereocenters. The van der Waals surface area contributed by atoms with Crippen molar-refractivity contribution in [3.63, 3.8) is 0 Å². The molecule has 0 saturated carbocycles. The first-order chi connectivity index (χ1) is 10.7. The third-order valence-electron chi connectivity index (χ3n) is 2.96. The Hall–Kier alpha value is -2.88. The summed E-state index contributed by atoms with van der Waals surface area (Å²) in [6.07, 6.45) is 3.64. The van der Waals surface area contributed by atoms with Crippen LogP contribution in [0.4, 0.5) is 11.4 Å². The first-order valence-corrected chi connectivity index (χ1v) is 7.11. The molecule has 0 spiro atoms. The van der Waals surface area contributed by atoms with E-state index in [4.69, 9.17) is 0 Å². The van der Waals surface area contributed by atoms with E-state index in [-0.39, 0.29) is 11.8 Å². The zero-order valence-electron chi connectivity index (χ0n) is 12.4. The summed E-state index contributed by atoms with van der Waals surface area (Å²) in [5.41, 5.74) is 2.26. The molecular weight excluding hydrogens is 276 g/mol. The molecule has 2 N–H and O–H groups in total. The number of benzene rings is 2. The van der Waals surface area contributed by atoms with Crippen LogP contribution in [0.3, 0.4) is 0 Å². The van der Waals surface area contributed by atoms with Crippen molar-refractivity contribution >= 4 is 29.3 Å². The van der Waals surface area contributed by atoms with Gasteiger partial charge in [-0.3, -0.25) is 9.59 Å². The maximum atomic E-state index is 11.9. The summed E-state index contributed by atoms with van der Waals surface area (Å²) in [6.45, 7) is 1.79. The van der Waals surface area contributed by atoms with Gasteiger partial charge in [-0.15, -0.1) is 0 Å². The standard InChI is InChI=1S/C18H18N2O2/c1-2-17(21)19-15-9-6-10-16(13-15)20-18(22)12-11-14-7-4-3-5-8-14/h3-13H,2H2,1H3,(H,19,21)(H,20,22)/b12-11+. The molecule has 0 saturated heterocycles. The SMILES string of the molecule is CCC(=O)Nc1cccc(NC(=O)/C=C/c2ccccc2)c1. The zero-order valence-corrected chi connectivity index (χ0v) is 12.4. The summed E-state index contributed by atoms with van der Waals surface area (Å²) >= 11 is 0. The van der Waals surface area contributed by atoms with Crippen molar-refractivity contribution in [2.24, 2.45) is 0 Å². The first kappa shape index (κ1) is 15.5. The second kappa shape index (κ2) is 7.78. The van der Waals surface area contributed by atoms with Crippen LogP contribution in [0, 0.1) is 0 Å². The minimum Gasteiger partial charge on any atom is -0.326 e. The summed E-state index contributed by atoms with van der Waals surface area (Å²) in [6, 6.07) is 16.7. The van der Waals surface area contributed by atoms with E-state index in [9.17, 15) is 9.59 Å². The van der Waals surface area contributed by atoms with Gasteiger partial charge >= 0.3 is 0 Å². The van der Waals surface area contributed by atoms with Crippen LogP contribution in [-0.2, 0) is 9.59 Å². The van der Waals surface area contributed by atoms with E-state index in [0.717, 1.165) is 5.56 Å². The molecule has 2 rings (SSSR count). The molecule has 4 nitrogen and oxygen atoms in total. The highest BCUT2D eigenvalue weighted by Gasteiger charge is 2.02. The second-order valence-electron chi connectivity index (χ2n) is 4.72. The normalized spacial score (nSPS) is 10.4. The van der Waals surface area contributed by atoms with Gasteiger partial charge in [-0.1, -0.05) is 43.3 Å². The fraction of sp³-hybridized carbons (Fsp3) is 0.111. The summed E-state index contributed by atoms with van der Waals surface area (Å²) < 4.78 is 0. The number of hydrogen-bond acceptors (Lipinski definition) is 2. The molecule has 112 valence electrons. The number of carbonyl (C=O) groups excluding carboxylic acids is 2. The average Bonchev–Trinajstić information content (AvgIpc) is 2.54. The van der Waals surface area contributed by atoms with Gasteiger partial charge in [-0.05, 0) is 29.8 Å². The van der Waals surface area contributed by atoms with Crippen LogP contribution in [0.25, 0.3) is 6.08 Å². The van der Waals surface area contributed by atoms with Crippen LogP contribution in [0.2, 0.25) is 0 Å². The van der Waals surface area contributed by atoms with E-state index in [1.807, 2.05) is 30.3 Å². The molecule has 0 aliphatic carbocycles. The molecule has 0 heterocycles. The number of rotatable bonds is 5. The van der Waals surface area contributed by atoms with Gasteiger partial charge in [0.25, 0.3) is 0 Å². The number of amides is 2. The van der Waals surface area contributed by atoms with Crippen LogP contribution in [0.15, 0.2) is 60.7 Å². The Labute approximate surface area is 129 Å². The van der Waals surface area contributed by atoms with Crippen LogP contribution >= 0.6 is 0 Å². The van der Waals surface area contributed by atoms with Gasteiger partial charge in [0, 0.05) is 23.9 Å². The predicted octanol–water partition coefficient (Wildman–Crippen LogP) is 3.69. The van der Waals surface area contributed by atoms with Crippen molar-refractivity contribution < 1.29 is 9.59 Å². The molecule has 2 aromatic carbocycles. The van der Waals surface area contributed by atoms with E-state index in [1.54, 1.807) is 37.3 Å². The molecule has 4 heteroatoms. The summed E-state index contributed by atoms with van der Waals surface area (Å²) in [5.74, 6) is -0.282. The zero-order chi connectivity index (χ0) is 15.8. The first-order valence-electron chi connectivity index (χ1n) is 7.11. The van der Waals surface area contributed by atoms with Crippen molar-refractivity contribution in [1.29, 1.82) is 0 Å². The number of nitrogens with one attached hydrogen (secondary N) is 2. The number of carbonyl (C=O) groups is 2. The third kappa shape index (κ3) is 4.90. The molecule has 0 fully saturated rings. The van der Waals surface area contributed by atoms with Gasteiger partial charge in [0.2, 0.25) is 11.8 Å². The van der Waals surface area contributed by atoms with Gasteiger partial charge < -0.3 is 10.6 Å². The highest BCUT2D eigenvalue weighted by atomic mass is 16.2. The van der Waals surface area contributed by atoms with Gasteiger partial charge in [0.15, 0.2) is 0 Å². The number of hydrogen-bond donors (Lipinski definition) is 2. The fourth-order valence-corrected chi connectivity index (χ4v) is 1.84. The Morgan fingerprint density at radius 3 is 2.32 bits per heavy atom. The Morgan fingerprint density at radius 1 is 0.955 bits per heavy atom. The molecule has 0 radical (unpaired) electrons. The Balaban J connectivity index is 1.98. The molecule has 22 heavy (non-hydrogen) atoms. The predicted molar refractivity (Wildman–Crippen MR) is 89.5 cm³/mol. The van der Waals surface area contributed by atoms with E-state index in [2.05, 4.69) is 10.6 Å². The van der Waals surface area contributed by atoms with Gasteiger partial charge in [-0.25, -0.2) is 0 Å². The quantitative estimate of drug-likeness (QED) is 0.826. The van der Waals surface area contributed by atoms with Gasteiger partial charge in [-0.2, -0.15) is 0 Å². The van der Waals surface area contributed by atoms with Crippen molar-refractivity contribution in [1.82, 2.24) is 0 Å². The van der Waals surface area contributed by atoms with Crippen LogP contribution in [0.5, 0.6) is 0 Å². The lowest BCUT2D eigenvalue weighted by molar-refractivity contribution is -0.116. The highest BCUT2D eigenvalue weighted by molar-refractivity contribution is 6.02. The van der Waals surface area contributed by atoms with E-state index in [0.29, 0.717) is 17.8 Å². The lowest BCUT2D eigenvalue weighted by atomic mass is 10.2. The molecule has 0 bridgehead atoms. The van der Waals surface area contributed by atoms with Crippen molar-refractivity contribution in [3.8, 4) is 0 Å². The van der Waals surface area contributed by atoms with Crippen molar-refractivity contribution in [3.05, 3.63) is 66.2 Å². The summed E-state index contributed by atoms with van der Waals surface area (Å²) in [5, 5.41) is 5.52. The Morgan fingerprint density at radius 2 is 1.64 bits per heavy atom. The highest BCUT2D eigenvalue weighted by Crippen LogP contribution is 2.15. The maximum absolute atomic E-state index is 11.9. The fourth-order valence-electron chi connectivity index (χ4n) is 1.84. The molecule has 0 unspecified atom stereocenters.